The van der Waals surface area contributed by atoms with E-state index in [-0.39, 0.29) is 6.03 Å². The van der Waals surface area contributed by atoms with Crippen LogP contribution in [-0.2, 0) is 6.42 Å². The Morgan fingerprint density at radius 2 is 2.05 bits per heavy atom. The van der Waals surface area contributed by atoms with Crippen LogP contribution in [0.4, 0.5) is 4.79 Å². The van der Waals surface area contributed by atoms with Gasteiger partial charge in [0.15, 0.2) is 0 Å². The lowest BCUT2D eigenvalue weighted by atomic mass is 9.85. The Labute approximate surface area is 125 Å². The first-order valence-corrected chi connectivity index (χ1v) is 7.38. The summed E-state index contributed by atoms with van der Waals surface area (Å²) in [6, 6.07) is 6.80. The number of hydrogen-bond donors (Lipinski definition) is 2. The molecule has 1 aliphatic rings. The van der Waals surface area contributed by atoms with Gasteiger partial charge in [-0.05, 0) is 36.8 Å². The molecule has 2 amide bonds. The van der Waals surface area contributed by atoms with Crippen LogP contribution in [-0.4, -0.2) is 42.1 Å². The summed E-state index contributed by atoms with van der Waals surface area (Å²) in [6.07, 6.45) is 4.21. The Bertz CT molecular complexity index is 512. The predicted octanol–water partition coefficient (Wildman–Crippen LogP) is 2.37. The average molecular weight is 290 g/mol. The van der Waals surface area contributed by atoms with Gasteiger partial charge in [0.2, 0.25) is 0 Å². The summed E-state index contributed by atoms with van der Waals surface area (Å²) in [6.45, 7) is 1.25. The van der Waals surface area contributed by atoms with Gasteiger partial charge in [-0.25, -0.2) is 9.59 Å². The van der Waals surface area contributed by atoms with Crippen molar-refractivity contribution in [2.45, 2.75) is 25.7 Å². The van der Waals surface area contributed by atoms with E-state index in [9.17, 15) is 9.59 Å². The normalized spacial score (nSPS) is 14.3. The van der Waals surface area contributed by atoms with Gasteiger partial charge in [0.05, 0.1) is 5.56 Å². The Morgan fingerprint density at radius 3 is 2.67 bits per heavy atom. The first-order valence-electron chi connectivity index (χ1n) is 7.38. The van der Waals surface area contributed by atoms with Crippen molar-refractivity contribution >= 4 is 12.0 Å². The molecule has 5 nitrogen and oxygen atoms in total. The molecular formula is C16H22N2O3. The van der Waals surface area contributed by atoms with Crippen molar-refractivity contribution < 1.29 is 14.7 Å². The Balaban J connectivity index is 1.78. The van der Waals surface area contributed by atoms with Crippen LogP contribution < -0.4 is 5.32 Å². The molecule has 21 heavy (non-hydrogen) atoms. The first-order chi connectivity index (χ1) is 10.1. The number of carboxylic acid groups (broad SMARTS) is 1. The van der Waals surface area contributed by atoms with Crippen LogP contribution in [0.5, 0.6) is 0 Å². The molecule has 0 aromatic heterocycles. The highest BCUT2D eigenvalue weighted by atomic mass is 16.4. The van der Waals surface area contributed by atoms with Crippen LogP contribution in [0.25, 0.3) is 0 Å². The summed E-state index contributed by atoms with van der Waals surface area (Å²) < 4.78 is 0. The summed E-state index contributed by atoms with van der Waals surface area (Å²) in [5.41, 5.74) is 1.04. The summed E-state index contributed by atoms with van der Waals surface area (Å²) >= 11 is 0. The van der Waals surface area contributed by atoms with Crippen LogP contribution >= 0.6 is 0 Å². The third kappa shape index (κ3) is 4.21. The number of rotatable bonds is 6. The molecule has 0 heterocycles. The average Bonchev–Trinajstić information content (AvgIpc) is 2.42. The lowest BCUT2D eigenvalue weighted by Gasteiger charge is -2.30. The molecule has 2 N–H and O–H groups in total. The predicted molar refractivity (Wildman–Crippen MR) is 80.5 cm³/mol. The second kappa shape index (κ2) is 7.11. The van der Waals surface area contributed by atoms with E-state index in [0.29, 0.717) is 24.4 Å². The number of aromatic carboxylic acids is 1. The highest BCUT2D eigenvalue weighted by Gasteiger charge is 2.21. The van der Waals surface area contributed by atoms with Gasteiger partial charge in [-0.15, -0.1) is 0 Å². The fourth-order valence-corrected chi connectivity index (χ4v) is 2.53. The number of benzene rings is 1. The van der Waals surface area contributed by atoms with Crippen molar-refractivity contribution in [1.82, 2.24) is 10.2 Å². The summed E-state index contributed by atoms with van der Waals surface area (Å²) in [4.78, 5) is 24.7. The van der Waals surface area contributed by atoms with Crippen molar-refractivity contribution in [3.8, 4) is 0 Å². The van der Waals surface area contributed by atoms with E-state index in [1.54, 1.807) is 30.1 Å². The maximum absolute atomic E-state index is 11.9. The van der Waals surface area contributed by atoms with E-state index in [1.165, 1.54) is 19.3 Å². The van der Waals surface area contributed by atoms with Gasteiger partial charge in [0.1, 0.15) is 0 Å². The Morgan fingerprint density at radius 1 is 1.33 bits per heavy atom. The van der Waals surface area contributed by atoms with Gasteiger partial charge < -0.3 is 15.3 Å². The molecule has 1 aromatic carbocycles. The molecule has 0 atom stereocenters. The number of carbonyl (C=O) groups is 2. The first kappa shape index (κ1) is 15.4. The molecule has 0 unspecified atom stereocenters. The maximum Gasteiger partial charge on any atom is 0.335 e. The van der Waals surface area contributed by atoms with Crippen molar-refractivity contribution in [2.75, 3.05) is 20.1 Å². The van der Waals surface area contributed by atoms with E-state index >= 15 is 0 Å². The number of amides is 2. The summed E-state index contributed by atoms with van der Waals surface area (Å²) in [5.74, 6) is -0.285. The molecule has 0 radical (unpaired) electrons. The minimum absolute atomic E-state index is 0.0882. The number of nitrogens with zero attached hydrogens (tertiary/aromatic N) is 1. The van der Waals surface area contributed by atoms with Crippen LogP contribution in [0.1, 0.15) is 35.2 Å². The van der Waals surface area contributed by atoms with Gasteiger partial charge in [0, 0.05) is 20.1 Å². The molecule has 1 aromatic rings. The van der Waals surface area contributed by atoms with Crippen molar-refractivity contribution in [2.24, 2.45) is 5.92 Å². The number of carbonyl (C=O) groups excluding carboxylic acids is 1. The SMILES string of the molecule is CN(CC1CCC1)C(=O)NCCc1ccccc1C(=O)O. The second-order valence-corrected chi connectivity index (χ2v) is 5.62. The van der Waals surface area contributed by atoms with E-state index in [1.807, 2.05) is 6.07 Å². The van der Waals surface area contributed by atoms with Crippen LogP contribution in [0.3, 0.4) is 0 Å². The van der Waals surface area contributed by atoms with Crippen LogP contribution in [0.2, 0.25) is 0 Å². The lowest BCUT2D eigenvalue weighted by molar-refractivity contribution is 0.0695. The van der Waals surface area contributed by atoms with E-state index in [2.05, 4.69) is 5.32 Å². The zero-order chi connectivity index (χ0) is 15.2. The highest BCUT2D eigenvalue weighted by Crippen LogP contribution is 2.26. The largest absolute Gasteiger partial charge is 0.478 e. The summed E-state index contributed by atoms with van der Waals surface area (Å²) in [5, 5.41) is 11.9. The minimum Gasteiger partial charge on any atom is -0.478 e. The Kier molecular flexibility index (Phi) is 5.20. The monoisotopic (exact) mass is 290 g/mol. The van der Waals surface area contributed by atoms with Crippen molar-refractivity contribution in [3.05, 3.63) is 35.4 Å². The number of carboxylic acids is 1. The molecule has 1 fully saturated rings. The molecule has 5 heteroatoms. The molecule has 0 spiro atoms. The van der Waals surface area contributed by atoms with E-state index < -0.39 is 5.97 Å². The number of hydrogen-bond acceptors (Lipinski definition) is 2. The van der Waals surface area contributed by atoms with Crippen LogP contribution in [0, 0.1) is 5.92 Å². The van der Waals surface area contributed by atoms with Gasteiger partial charge >= 0.3 is 12.0 Å². The van der Waals surface area contributed by atoms with E-state index in [4.69, 9.17) is 5.11 Å². The summed E-state index contributed by atoms with van der Waals surface area (Å²) in [7, 11) is 1.80. The molecule has 0 saturated heterocycles. The quantitative estimate of drug-likeness (QED) is 0.845. The minimum atomic E-state index is -0.931. The van der Waals surface area contributed by atoms with Crippen molar-refractivity contribution in [3.63, 3.8) is 0 Å². The van der Waals surface area contributed by atoms with Gasteiger partial charge in [-0.2, -0.15) is 0 Å². The third-order valence-corrected chi connectivity index (χ3v) is 4.02. The van der Waals surface area contributed by atoms with Gasteiger partial charge in [-0.3, -0.25) is 0 Å². The van der Waals surface area contributed by atoms with Crippen molar-refractivity contribution in [1.29, 1.82) is 0 Å². The molecule has 114 valence electrons. The molecule has 2 rings (SSSR count). The smallest absolute Gasteiger partial charge is 0.335 e. The lowest BCUT2D eigenvalue weighted by Crippen LogP contribution is -2.41. The molecule has 0 aliphatic heterocycles. The fraction of sp³-hybridized carbons (Fsp3) is 0.500. The second-order valence-electron chi connectivity index (χ2n) is 5.62. The van der Waals surface area contributed by atoms with Crippen LogP contribution in [0.15, 0.2) is 24.3 Å². The zero-order valence-corrected chi connectivity index (χ0v) is 12.3. The molecule has 1 saturated carbocycles. The topological polar surface area (TPSA) is 69.6 Å². The highest BCUT2D eigenvalue weighted by molar-refractivity contribution is 5.89. The number of urea groups is 1. The third-order valence-electron chi connectivity index (χ3n) is 4.02. The molecule has 1 aliphatic carbocycles. The standard InChI is InChI=1S/C16H22N2O3/c1-18(11-12-5-4-6-12)16(21)17-10-9-13-7-2-3-8-14(13)15(19)20/h2-3,7-8,12H,4-6,9-11H2,1H3,(H,17,21)(H,19,20). The molecule has 0 bridgehead atoms. The fourth-order valence-electron chi connectivity index (χ4n) is 2.53. The van der Waals surface area contributed by atoms with Gasteiger partial charge in [0.25, 0.3) is 0 Å². The zero-order valence-electron chi connectivity index (χ0n) is 12.3. The maximum atomic E-state index is 11.9. The Hall–Kier alpha value is -2.04. The van der Waals surface area contributed by atoms with Gasteiger partial charge in [-0.1, -0.05) is 24.6 Å². The number of nitrogens with one attached hydrogen (secondary N) is 1. The van der Waals surface area contributed by atoms with E-state index in [0.717, 1.165) is 12.1 Å². The molecular weight excluding hydrogens is 268 g/mol.